The molecule has 0 aliphatic heterocycles. The number of carbonyl (C=O) groups is 2. The molecule has 12 heteroatoms. The van der Waals surface area contributed by atoms with Gasteiger partial charge in [-0.2, -0.15) is 26.3 Å². The highest BCUT2D eigenvalue weighted by Gasteiger charge is 2.72. The van der Waals surface area contributed by atoms with E-state index in [9.17, 15) is 35.9 Å². The monoisotopic (exact) mass is 806 g/mol. The normalized spacial score (nSPS) is 12.2. The van der Waals surface area contributed by atoms with Crippen LogP contribution in [-0.2, 0) is 11.0 Å². The Labute approximate surface area is 328 Å². The number of benzene rings is 6. The zero-order chi connectivity index (χ0) is 40.5. The first-order valence-electron chi connectivity index (χ1n) is 16.9. The molecule has 0 heterocycles. The van der Waals surface area contributed by atoms with E-state index in [1.54, 1.807) is 86.6 Å². The van der Waals surface area contributed by atoms with Crippen LogP contribution in [0.15, 0.2) is 146 Å². The minimum atomic E-state index is -5.81. The number of ether oxygens (including phenoxy) is 2. The van der Waals surface area contributed by atoms with Crippen molar-refractivity contribution < 1.29 is 45.4 Å². The summed E-state index contributed by atoms with van der Waals surface area (Å²) < 4.78 is 101. The van der Waals surface area contributed by atoms with Gasteiger partial charge < -0.3 is 9.47 Å². The first kappa shape index (κ1) is 40.1. The van der Waals surface area contributed by atoms with Gasteiger partial charge in [-0.25, -0.2) is 0 Å². The van der Waals surface area contributed by atoms with Crippen molar-refractivity contribution in [1.82, 2.24) is 0 Å². The van der Waals surface area contributed by atoms with Gasteiger partial charge in [-0.3, -0.25) is 9.59 Å². The van der Waals surface area contributed by atoms with Crippen LogP contribution in [0.5, 0.6) is 17.2 Å². The zero-order valence-electron chi connectivity index (χ0n) is 29.5. The van der Waals surface area contributed by atoms with Gasteiger partial charge in [-0.15, -0.1) is 0 Å². The largest absolute Gasteiger partial charge is 0.483 e. The van der Waals surface area contributed by atoms with E-state index in [1.165, 1.54) is 24.3 Å². The second-order valence-electron chi connectivity index (χ2n) is 13.3. The Morgan fingerprint density at radius 1 is 0.429 bits per heavy atom. The number of alkyl halides is 6. The van der Waals surface area contributed by atoms with Crippen molar-refractivity contribution >= 4 is 34.8 Å². The Bertz CT molecular complexity index is 2300. The summed E-state index contributed by atoms with van der Waals surface area (Å²) in [5.74, 6) is -0.339. The number of carbonyl (C=O) groups excluding carboxylic acids is 2. The van der Waals surface area contributed by atoms with E-state index in [1.807, 2.05) is 0 Å². The predicted octanol–water partition coefficient (Wildman–Crippen LogP) is 13.0. The first-order valence-corrected chi connectivity index (χ1v) is 17.7. The summed E-state index contributed by atoms with van der Waals surface area (Å²) in [5, 5.41) is 0.950. The van der Waals surface area contributed by atoms with Crippen molar-refractivity contribution in [3.63, 3.8) is 0 Å². The van der Waals surface area contributed by atoms with Crippen LogP contribution < -0.4 is 9.47 Å². The highest BCUT2D eigenvalue weighted by atomic mass is 35.5. The fourth-order valence-corrected chi connectivity index (χ4v) is 6.50. The van der Waals surface area contributed by atoms with Crippen molar-refractivity contribution in [1.29, 1.82) is 0 Å². The molecule has 0 aliphatic carbocycles. The molecule has 0 fully saturated rings. The number of hydrogen-bond acceptors (Lipinski definition) is 4. The second-order valence-corrected chi connectivity index (χ2v) is 14.2. The molecule has 4 nitrogen and oxygen atoms in total. The average molecular weight is 808 g/mol. The molecule has 0 atom stereocenters. The van der Waals surface area contributed by atoms with Crippen LogP contribution in [0, 0.1) is 0 Å². The highest BCUT2D eigenvalue weighted by Crippen LogP contribution is 2.56. The van der Waals surface area contributed by atoms with Gasteiger partial charge in [0.05, 0.1) is 0 Å². The van der Waals surface area contributed by atoms with Gasteiger partial charge in [0.15, 0.2) is 11.6 Å². The Morgan fingerprint density at radius 3 is 1.07 bits per heavy atom. The van der Waals surface area contributed by atoms with E-state index in [0.717, 1.165) is 48.5 Å². The summed E-state index contributed by atoms with van der Waals surface area (Å²) in [6, 6.07) is 32.2. The quantitative estimate of drug-likeness (QED) is 0.0966. The molecule has 6 aromatic rings. The topological polar surface area (TPSA) is 52.6 Å². The second kappa shape index (κ2) is 15.5. The molecule has 0 unspecified atom stereocenters. The van der Waals surface area contributed by atoms with Crippen molar-refractivity contribution in [3.8, 4) is 17.2 Å². The predicted molar refractivity (Wildman–Crippen MR) is 202 cm³/mol. The van der Waals surface area contributed by atoms with E-state index in [4.69, 9.17) is 32.7 Å². The molecular formula is C44H30Cl2F6O4. The Hall–Kier alpha value is -5.58. The lowest BCUT2D eigenvalue weighted by atomic mass is 9.73. The Balaban J connectivity index is 1.21. The minimum Gasteiger partial charge on any atom is -0.483 e. The van der Waals surface area contributed by atoms with E-state index in [0.29, 0.717) is 37.9 Å². The third kappa shape index (κ3) is 8.17. The van der Waals surface area contributed by atoms with Gasteiger partial charge in [0.25, 0.3) is 0 Å². The molecule has 0 spiro atoms. The fourth-order valence-electron chi connectivity index (χ4n) is 6.25. The maximum atomic E-state index is 14.9. The molecule has 0 bridgehead atoms. The highest BCUT2D eigenvalue weighted by molar-refractivity contribution is 6.31. The van der Waals surface area contributed by atoms with Crippen LogP contribution in [0.1, 0.15) is 62.4 Å². The lowest BCUT2D eigenvalue weighted by Crippen LogP contribution is -2.54. The standard InChI is InChI=1S/C44H30Cl2F6O4/c1-41(2,31-11-3-27(4-12-31)39(53)28-5-17-34(45)18-6-28)56-38-25-15-33(16-26-38)42(43(47,48)49,44(50,51)52)32-13-23-37(24-14-32)55-36-21-9-30(10-22-36)40(54)29-7-19-35(46)20-8-29/h3-26H,1-2H3. The summed E-state index contributed by atoms with van der Waals surface area (Å²) in [6.45, 7) is 3.34. The van der Waals surface area contributed by atoms with Crippen molar-refractivity contribution in [2.24, 2.45) is 0 Å². The van der Waals surface area contributed by atoms with Crippen LogP contribution in [0.3, 0.4) is 0 Å². The molecular weight excluding hydrogens is 777 g/mol. The third-order valence-electron chi connectivity index (χ3n) is 9.21. The van der Waals surface area contributed by atoms with Gasteiger partial charge in [-0.1, -0.05) is 71.7 Å². The lowest BCUT2D eigenvalue weighted by molar-refractivity contribution is -0.288. The minimum absolute atomic E-state index is 0.0166. The third-order valence-corrected chi connectivity index (χ3v) is 9.71. The molecule has 0 aromatic heterocycles. The van der Waals surface area contributed by atoms with Crippen molar-refractivity contribution in [2.75, 3.05) is 0 Å². The van der Waals surface area contributed by atoms with Gasteiger partial charge >= 0.3 is 12.4 Å². The summed E-state index contributed by atoms with van der Waals surface area (Å²) in [4.78, 5) is 25.6. The van der Waals surface area contributed by atoms with Crippen LogP contribution in [-0.4, -0.2) is 23.9 Å². The Morgan fingerprint density at radius 2 is 0.714 bits per heavy atom. The van der Waals surface area contributed by atoms with E-state index < -0.39 is 34.5 Å². The SMILES string of the molecule is CC(C)(Oc1ccc(C(c2ccc(Oc3ccc(C(=O)c4ccc(Cl)cc4)cc3)cc2)(C(F)(F)F)C(F)(F)F)cc1)c1ccc(C(=O)c2ccc(Cl)cc2)cc1. The molecule has 286 valence electrons. The van der Waals surface area contributed by atoms with Gasteiger partial charge in [0, 0.05) is 32.3 Å². The van der Waals surface area contributed by atoms with Crippen molar-refractivity contribution in [3.05, 3.63) is 195 Å². The molecule has 6 aromatic carbocycles. The average Bonchev–Trinajstić information content (AvgIpc) is 3.15. The summed E-state index contributed by atoms with van der Waals surface area (Å²) in [7, 11) is 0. The molecule has 0 N–H and O–H groups in total. The molecule has 0 aliphatic rings. The lowest BCUT2D eigenvalue weighted by Gasteiger charge is -2.38. The van der Waals surface area contributed by atoms with E-state index in [-0.39, 0.29) is 28.8 Å². The van der Waals surface area contributed by atoms with Crippen LogP contribution >= 0.6 is 23.2 Å². The molecule has 0 saturated carbocycles. The van der Waals surface area contributed by atoms with Gasteiger partial charge in [0.1, 0.15) is 22.8 Å². The van der Waals surface area contributed by atoms with Crippen LogP contribution in [0.2, 0.25) is 10.0 Å². The zero-order valence-corrected chi connectivity index (χ0v) is 31.0. The number of halogens is 8. The van der Waals surface area contributed by atoms with Crippen LogP contribution in [0.4, 0.5) is 26.3 Å². The number of ketones is 2. The summed E-state index contributed by atoms with van der Waals surface area (Å²) >= 11 is 11.8. The maximum absolute atomic E-state index is 14.9. The van der Waals surface area contributed by atoms with Gasteiger partial charge in [-0.05, 0) is 128 Å². The van der Waals surface area contributed by atoms with Crippen LogP contribution in [0.25, 0.3) is 0 Å². The summed E-state index contributed by atoms with van der Waals surface area (Å²) in [6.07, 6.45) is -11.6. The van der Waals surface area contributed by atoms with Crippen molar-refractivity contribution in [2.45, 2.75) is 37.2 Å². The molecule has 0 radical (unpaired) electrons. The number of hydrogen-bond donors (Lipinski definition) is 0. The first-order chi connectivity index (χ1) is 26.4. The van der Waals surface area contributed by atoms with Gasteiger partial charge in [0.2, 0.25) is 5.41 Å². The maximum Gasteiger partial charge on any atom is 0.411 e. The van der Waals surface area contributed by atoms with E-state index in [2.05, 4.69) is 0 Å². The molecule has 0 saturated heterocycles. The molecule has 0 amide bonds. The fraction of sp³-hybridized carbons (Fsp3) is 0.136. The van der Waals surface area contributed by atoms with E-state index >= 15 is 0 Å². The number of rotatable bonds is 11. The smallest absolute Gasteiger partial charge is 0.411 e. The summed E-state index contributed by atoms with van der Waals surface area (Å²) in [5.41, 5.74) is -5.49. The molecule has 6 rings (SSSR count). The Kier molecular flexibility index (Phi) is 11.1. The molecule has 56 heavy (non-hydrogen) atoms.